The van der Waals surface area contributed by atoms with Crippen LogP contribution in [-0.2, 0) is 0 Å². The lowest BCUT2D eigenvalue weighted by atomic mass is 9.95. The summed E-state index contributed by atoms with van der Waals surface area (Å²) in [5, 5.41) is 6.53. The molecular weight excluding hydrogens is 371 g/mol. The van der Waals surface area contributed by atoms with E-state index in [1.54, 1.807) is 42.5 Å². The van der Waals surface area contributed by atoms with Gasteiger partial charge in [0, 0.05) is 11.7 Å². The number of nitrogens with one attached hydrogen (secondary N) is 2. The second kappa shape index (κ2) is 8.56. The summed E-state index contributed by atoms with van der Waals surface area (Å²) < 4.78 is 0. The molecule has 0 heterocycles. The van der Waals surface area contributed by atoms with Crippen molar-refractivity contribution in [2.24, 2.45) is 0 Å². The highest BCUT2D eigenvalue weighted by molar-refractivity contribution is 6.35. The summed E-state index contributed by atoms with van der Waals surface area (Å²) in [5.74, 6) is -0.549. The van der Waals surface area contributed by atoms with E-state index in [4.69, 9.17) is 23.2 Å². The zero-order valence-corrected chi connectivity index (χ0v) is 15.7. The number of halogens is 2. The van der Waals surface area contributed by atoms with Crippen molar-refractivity contribution in [3.05, 3.63) is 63.6 Å². The van der Waals surface area contributed by atoms with Crippen LogP contribution in [0, 0.1) is 0 Å². The topological polar surface area (TPSA) is 58.2 Å². The van der Waals surface area contributed by atoms with Gasteiger partial charge in [0.15, 0.2) is 0 Å². The molecule has 0 aromatic heterocycles. The Kier molecular flexibility index (Phi) is 6.17. The minimum absolute atomic E-state index is 0.189. The van der Waals surface area contributed by atoms with Crippen molar-refractivity contribution >= 4 is 40.7 Å². The second-order valence-corrected chi connectivity index (χ2v) is 7.25. The number of anilines is 1. The first-order valence-corrected chi connectivity index (χ1v) is 9.46. The third-order valence-electron chi connectivity index (χ3n) is 4.53. The minimum atomic E-state index is -0.337. The Balaban J connectivity index is 1.73. The van der Waals surface area contributed by atoms with E-state index < -0.39 is 0 Å². The molecule has 0 aliphatic heterocycles. The molecule has 0 spiro atoms. The number of rotatable bonds is 4. The standard InChI is InChI=1S/C20H20Cl2N2O2/c21-17-9-5-4-8-15(17)19(25)24-14-10-11-18(22)16(12-14)20(26)23-13-6-2-1-3-7-13/h4-5,8-13H,1-3,6-7H2,(H,23,26)(H,24,25). The fourth-order valence-corrected chi connectivity index (χ4v) is 3.56. The Morgan fingerprint density at radius 2 is 1.54 bits per heavy atom. The van der Waals surface area contributed by atoms with Gasteiger partial charge in [-0.1, -0.05) is 54.6 Å². The van der Waals surface area contributed by atoms with Gasteiger partial charge in [-0.15, -0.1) is 0 Å². The normalized spacial score (nSPS) is 14.7. The number of hydrogen-bond acceptors (Lipinski definition) is 2. The molecule has 0 atom stereocenters. The van der Waals surface area contributed by atoms with Crippen LogP contribution in [0.25, 0.3) is 0 Å². The van der Waals surface area contributed by atoms with Gasteiger partial charge in [0.2, 0.25) is 0 Å². The van der Waals surface area contributed by atoms with Crippen molar-refractivity contribution in [2.75, 3.05) is 5.32 Å². The maximum atomic E-state index is 12.6. The molecule has 0 radical (unpaired) electrons. The van der Waals surface area contributed by atoms with E-state index in [1.165, 1.54) is 6.42 Å². The van der Waals surface area contributed by atoms with E-state index >= 15 is 0 Å². The summed E-state index contributed by atoms with van der Waals surface area (Å²) in [6, 6.07) is 11.9. The monoisotopic (exact) mass is 390 g/mol. The van der Waals surface area contributed by atoms with Gasteiger partial charge in [-0.25, -0.2) is 0 Å². The number of benzene rings is 2. The van der Waals surface area contributed by atoms with Crippen LogP contribution >= 0.6 is 23.2 Å². The van der Waals surface area contributed by atoms with E-state index in [9.17, 15) is 9.59 Å². The molecule has 0 bridgehead atoms. The van der Waals surface area contributed by atoms with Crippen LogP contribution < -0.4 is 10.6 Å². The van der Waals surface area contributed by atoms with Crippen LogP contribution in [0.3, 0.4) is 0 Å². The summed E-state index contributed by atoms with van der Waals surface area (Å²) in [6.45, 7) is 0. The van der Waals surface area contributed by atoms with Gasteiger partial charge in [-0.2, -0.15) is 0 Å². The number of carbonyl (C=O) groups is 2. The average molecular weight is 391 g/mol. The molecule has 1 aliphatic rings. The lowest BCUT2D eigenvalue weighted by Crippen LogP contribution is -2.36. The van der Waals surface area contributed by atoms with E-state index in [1.807, 2.05) is 0 Å². The number of carbonyl (C=O) groups excluding carboxylic acids is 2. The van der Waals surface area contributed by atoms with Crippen LogP contribution in [0.4, 0.5) is 5.69 Å². The molecular formula is C20H20Cl2N2O2. The van der Waals surface area contributed by atoms with Gasteiger partial charge < -0.3 is 10.6 Å². The SMILES string of the molecule is O=C(Nc1ccc(Cl)c(C(=O)NC2CCCCC2)c1)c1ccccc1Cl. The van der Waals surface area contributed by atoms with Crippen molar-refractivity contribution in [1.82, 2.24) is 5.32 Å². The summed E-state index contributed by atoms with van der Waals surface area (Å²) >= 11 is 12.2. The highest BCUT2D eigenvalue weighted by Gasteiger charge is 2.19. The largest absolute Gasteiger partial charge is 0.349 e. The molecule has 136 valence electrons. The molecule has 1 fully saturated rings. The van der Waals surface area contributed by atoms with Crippen molar-refractivity contribution < 1.29 is 9.59 Å². The van der Waals surface area contributed by atoms with Gasteiger partial charge in [-0.3, -0.25) is 9.59 Å². The lowest BCUT2D eigenvalue weighted by molar-refractivity contribution is 0.0926. The molecule has 0 unspecified atom stereocenters. The predicted octanol–water partition coefficient (Wildman–Crippen LogP) is 5.31. The quantitative estimate of drug-likeness (QED) is 0.742. The number of amides is 2. The first kappa shape index (κ1) is 18.7. The fraction of sp³-hybridized carbons (Fsp3) is 0.300. The third-order valence-corrected chi connectivity index (χ3v) is 5.19. The molecule has 2 aromatic carbocycles. The van der Waals surface area contributed by atoms with Crippen molar-refractivity contribution in [3.8, 4) is 0 Å². The Bertz CT molecular complexity index is 817. The van der Waals surface area contributed by atoms with Gasteiger partial charge in [-0.05, 0) is 43.2 Å². The molecule has 3 rings (SSSR count). The van der Waals surface area contributed by atoms with Crippen LogP contribution in [0.1, 0.15) is 52.8 Å². The van der Waals surface area contributed by atoms with Gasteiger partial charge in [0.25, 0.3) is 11.8 Å². The van der Waals surface area contributed by atoms with Gasteiger partial charge >= 0.3 is 0 Å². The minimum Gasteiger partial charge on any atom is -0.349 e. The van der Waals surface area contributed by atoms with E-state index in [-0.39, 0.29) is 17.9 Å². The highest BCUT2D eigenvalue weighted by Crippen LogP contribution is 2.24. The number of hydrogen-bond donors (Lipinski definition) is 2. The zero-order chi connectivity index (χ0) is 18.5. The summed E-state index contributed by atoms with van der Waals surface area (Å²) in [7, 11) is 0. The molecule has 4 nitrogen and oxygen atoms in total. The van der Waals surface area contributed by atoms with Crippen LogP contribution in [0.2, 0.25) is 10.0 Å². The Morgan fingerprint density at radius 1 is 0.846 bits per heavy atom. The predicted molar refractivity (Wildman–Crippen MR) is 105 cm³/mol. The van der Waals surface area contributed by atoms with Crippen molar-refractivity contribution in [2.45, 2.75) is 38.1 Å². The first-order valence-electron chi connectivity index (χ1n) is 8.71. The fourth-order valence-electron chi connectivity index (χ4n) is 3.13. The average Bonchev–Trinajstić information content (AvgIpc) is 2.64. The van der Waals surface area contributed by atoms with Crippen LogP contribution in [0.5, 0.6) is 0 Å². The first-order chi connectivity index (χ1) is 12.5. The summed E-state index contributed by atoms with van der Waals surface area (Å²) in [6.07, 6.45) is 5.47. The molecule has 1 saturated carbocycles. The molecule has 1 aliphatic carbocycles. The molecule has 6 heteroatoms. The molecule has 2 N–H and O–H groups in total. The molecule has 2 aromatic rings. The van der Waals surface area contributed by atoms with Gasteiger partial charge in [0.05, 0.1) is 21.2 Å². The Morgan fingerprint density at radius 3 is 2.27 bits per heavy atom. The van der Waals surface area contributed by atoms with E-state index in [0.29, 0.717) is 26.9 Å². The van der Waals surface area contributed by atoms with Crippen LogP contribution in [-0.4, -0.2) is 17.9 Å². The van der Waals surface area contributed by atoms with Crippen molar-refractivity contribution in [3.63, 3.8) is 0 Å². The molecule has 0 saturated heterocycles. The Labute approximate surface area is 162 Å². The van der Waals surface area contributed by atoms with Crippen molar-refractivity contribution in [1.29, 1.82) is 0 Å². The molecule has 2 amide bonds. The zero-order valence-electron chi connectivity index (χ0n) is 14.2. The van der Waals surface area contributed by atoms with Crippen LogP contribution in [0.15, 0.2) is 42.5 Å². The summed E-state index contributed by atoms with van der Waals surface area (Å²) in [5.41, 5.74) is 1.22. The highest BCUT2D eigenvalue weighted by atomic mass is 35.5. The lowest BCUT2D eigenvalue weighted by Gasteiger charge is -2.23. The van der Waals surface area contributed by atoms with Gasteiger partial charge in [0.1, 0.15) is 0 Å². The van der Waals surface area contributed by atoms with E-state index in [2.05, 4.69) is 10.6 Å². The van der Waals surface area contributed by atoms with E-state index in [0.717, 1.165) is 25.7 Å². The molecule has 26 heavy (non-hydrogen) atoms. The smallest absolute Gasteiger partial charge is 0.257 e. The Hall–Kier alpha value is -2.04. The summed E-state index contributed by atoms with van der Waals surface area (Å²) in [4.78, 5) is 25.0. The maximum absolute atomic E-state index is 12.6. The third kappa shape index (κ3) is 4.57. The maximum Gasteiger partial charge on any atom is 0.257 e. The second-order valence-electron chi connectivity index (χ2n) is 6.44.